The van der Waals surface area contributed by atoms with Crippen molar-refractivity contribution < 1.29 is 14.6 Å². The second kappa shape index (κ2) is 6.18. The van der Waals surface area contributed by atoms with Gasteiger partial charge in [-0.3, -0.25) is 4.79 Å². The van der Waals surface area contributed by atoms with Crippen molar-refractivity contribution in [3.8, 4) is 0 Å². The highest BCUT2D eigenvalue weighted by Gasteiger charge is 2.41. The van der Waals surface area contributed by atoms with Crippen molar-refractivity contribution in [1.29, 1.82) is 0 Å². The molecule has 0 saturated heterocycles. The van der Waals surface area contributed by atoms with Gasteiger partial charge in [0, 0.05) is 5.92 Å². The molecule has 1 fully saturated rings. The monoisotopic (exact) mass is 290 g/mol. The van der Waals surface area contributed by atoms with Crippen molar-refractivity contribution in [2.45, 2.75) is 64.1 Å². The normalized spacial score (nSPS) is 26.4. The summed E-state index contributed by atoms with van der Waals surface area (Å²) in [6.07, 6.45) is 3.91. The summed E-state index contributed by atoms with van der Waals surface area (Å²) >= 11 is 0. The molecule has 3 heteroatoms. The molecule has 3 nitrogen and oxygen atoms in total. The summed E-state index contributed by atoms with van der Waals surface area (Å²) in [7, 11) is 0. The van der Waals surface area contributed by atoms with Gasteiger partial charge in [-0.2, -0.15) is 0 Å². The van der Waals surface area contributed by atoms with E-state index in [1.54, 1.807) is 0 Å². The predicted octanol–water partition coefficient (Wildman–Crippen LogP) is 3.80. The number of carbonyl (C=O) groups excluding carboxylic acids is 1. The minimum atomic E-state index is -0.906. The Morgan fingerprint density at radius 2 is 1.95 bits per heavy atom. The van der Waals surface area contributed by atoms with Crippen LogP contribution < -0.4 is 0 Å². The fraction of sp³-hybridized carbons (Fsp3) is 0.611. The molecule has 21 heavy (non-hydrogen) atoms. The van der Waals surface area contributed by atoms with Gasteiger partial charge in [0.15, 0.2) is 0 Å². The molecule has 1 aliphatic carbocycles. The Balaban J connectivity index is 2.14. The second-order valence-electron chi connectivity index (χ2n) is 7.02. The van der Waals surface area contributed by atoms with Gasteiger partial charge >= 0.3 is 5.97 Å². The van der Waals surface area contributed by atoms with Crippen molar-refractivity contribution in [3.05, 3.63) is 35.9 Å². The minimum Gasteiger partial charge on any atom is -0.460 e. The summed E-state index contributed by atoms with van der Waals surface area (Å²) in [4.78, 5) is 12.1. The van der Waals surface area contributed by atoms with Gasteiger partial charge in [0.25, 0.3) is 0 Å². The van der Waals surface area contributed by atoms with Crippen molar-refractivity contribution in [3.63, 3.8) is 0 Å². The minimum absolute atomic E-state index is 0.0662. The third-order valence-corrected chi connectivity index (χ3v) is 4.14. The number of carbonyl (C=O) groups is 1. The average molecular weight is 290 g/mol. The van der Waals surface area contributed by atoms with Crippen LogP contribution in [0.4, 0.5) is 0 Å². The van der Waals surface area contributed by atoms with E-state index < -0.39 is 11.2 Å². The van der Waals surface area contributed by atoms with Gasteiger partial charge in [0.05, 0.1) is 12.0 Å². The molecule has 0 radical (unpaired) electrons. The van der Waals surface area contributed by atoms with Gasteiger partial charge in [-0.05, 0) is 39.2 Å². The van der Waals surface area contributed by atoms with Gasteiger partial charge in [-0.15, -0.1) is 0 Å². The molecule has 1 N–H and O–H groups in total. The Bertz CT molecular complexity index is 475. The average Bonchev–Trinajstić information content (AvgIpc) is 2.40. The van der Waals surface area contributed by atoms with Gasteiger partial charge < -0.3 is 9.84 Å². The largest absolute Gasteiger partial charge is 0.460 e. The molecule has 0 aromatic heterocycles. The van der Waals surface area contributed by atoms with Crippen LogP contribution in [0, 0.1) is 5.92 Å². The number of aliphatic hydroxyl groups is 1. The van der Waals surface area contributed by atoms with Crippen LogP contribution in [0.1, 0.15) is 58.4 Å². The number of hydrogen-bond donors (Lipinski definition) is 1. The Kier molecular flexibility index (Phi) is 4.72. The van der Waals surface area contributed by atoms with Crippen LogP contribution in [0.25, 0.3) is 0 Å². The maximum atomic E-state index is 12.1. The molecule has 0 heterocycles. The molecule has 0 aliphatic heterocycles. The van der Waals surface area contributed by atoms with Crippen LogP contribution >= 0.6 is 0 Å². The lowest BCUT2D eigenvalue weighted by molar-refractivity contribution is -0.160. The molecule has 1 aromatic rings. The molecule has 116 valence electrons. The quantitative estimate of drug-likeness (QED) is 0.861. The number of hydrogen-bond acceptors (Lipinski definition) is 3. The number of ether oxygens (including phenoxy) is 1. The summed E-state index contributed by atoms with van der Waals surface area (Å²) in [6, 6.07) is 9.72. The predicted molar refractivity (Wildman–Crippen MR) is 82.8 cm³/mol. The first-order chi connectivity index (χ1) is 9.81. The molecule has 1 aromatic carbocycles. The summed E-state index contributed by atoms with van der Waals surface area (Å²) in [6.45, 7) is 5.61. The zero-order valence-corrected chi connectivity index (χ0v) is 13.3. The lowest BCUT2D eigenvalue weighted by Gasteiger charge is -2.40. The van der Waals surface area contributed by atoms with Gasteiger partial charge in [-0.25, -0.2) is 0 Å². The zero-order valence-electron chi connectivity index (χ0n) is 13.3. The Morgan fingerprint density at radius 1 is 1.29 bits per heavy atom. The van der Waals surface area contributed by atoms with E-state index >= 15 is 0 Å². The van der Waals surface area contributed by atoms with Crippen LogP contribution in [0.5, 0.6) is 0 Å². The molecule has 0 amide bonds. The summed E-state index contributed by atoms with van der Waals surface area (Å²) in [5, 5.41) is 11.1. The maximum Gasteiger partial charge on any atom is 0.306 e. The highest BCUT2D eigenvalue weighted by atomic mass is 16.6. The summed E-state index contributed by atoms with van der Waals surface area (Å²) in [5.74, 6) is -0.285. The van der Waals surface area contributed by atoms with E-state index in [2.05, 4.69) is 0 Å². The van der Waals surface area contributed by atoms with Crippen LogP contribution in [0.3, 0.4) is 0 Å². The Hall–Kier alpha value is -1.35. The van der Waals surface area contributed by atoms with E-state index in [9.17, 15) is 9.90 Å². The molecule has 0 bridgehead atoms. The molecule has 1 aliphatic rings. The number of benzene rings is 1. The van der Waals surface area contributed by atoms with Gasteiger partial charge in [0.1, 0.15) is 5.60 Å². The fourth-order valence-corrected chi connectivity index (χ4v) is 3.19. The van der Waals surface area contributed by atoms with Crippen LogP contribution in [-0.2, 0) is 15.1 Å². The first kappa shape index (κ1) is 16.0. The summed E-state index contributed by atoms with van der Waals surface area (Å²) in [5.41, 5.74) is -0.467. The molecule has 2 atom stereocenters. The zero-order chi connectivity index (χ0) is 15.5. The molecular formula is C18H26O3. The lowest BCUT2D eigenvalue weighted by atomic mass is 9.70. The van der Waals surface area contributed by atoms with Crippen molar-refractivity contribution >= 4 is 5.97 Å². The summed E-state index contributed by atoms with van der Waals surface area (Å²) < 4.78 is 5.42. The topological polar surface area (TPSA) is 46.5 Å². The van der Waals surface area contributed by atoms with Crippen molar-refractivity contribution in [1.82, 2.24) is 0 Å². The van der Waals surface area contributed by atoms with Gasteiger partial charge in [0.2, 0.25) is 0 Å². The van der Waals surface area contributed by atoms with Crippen LogP contribution in [0.15, 0.2) is 30.3 Å². The molecule has 0 spiro atoms. The highest BCUT2D eigenvalue weighted by molar-refractivity contribution is 5.70. The lowest BCUT2D eigenvalue weighted by Crippen LogP contribution is -2.40. The molecular weight excluding hydrogens is 264 g/mol. The third-order valence-electron chi connectivity index (χ3n) is 4.14. The van der Waals surface area contributed by atoms with E-state index in [1.807, 2.05) is 51.1 Å². The fourth-order valence-electron chi connectivity index (χ4n) is 3.19. The van der Waals surface area contributed by atoms with Crippen molar-refractivity contribution in [2.24, 2.45) is 5.92 Å². The highest BCUT2D eigenvalue weighted by Crippen LogP contribution is 2.43. The molecule has 0 unspecified atom stereocenters. The van der Waals surface area contributed by atoms with Crippen molar-refractivity contribution in [2.75, 3.05) is 0 Å². The Morgan fingerprint density at radius 3 is 2.57 bits per heavy atom. The second-order valence-corrected chi connectivity index (χ2v) is 7.02. The smallest absolute Gasteiger partial charge is 0.306 e. The first-order valence-electron chi connectivity index (χ1n) is 7.81. The Labute approximate surface area is 127 Å². The van der Waals surface area contributed by atoms with Gasteiger partial charge in [-0.1, -0.05) is 43.2 Å². The third kappa shape index (κ3) is 4.07. The molecule has 2 rings (SSSR count). The number of rotatable bonds is 3. The van der Waals surface area contributed by atoms with Crippen LogP contribution in [0.2, 0.25) is 0 Å². The molecule has 1 saturated carbocycles. The standard InChI is InChI=1S/C18H26O3/c1-17(2,3)21-16(19)13-15-11-7-8-12-18(15,20)14-9-5-4-6-10-14/h4-6,9-10,15,20H,7-8,11-13H2,1-3H3/t15-,18+/m1/s1. The SMILES string of the molecule is CC(C)(C)OC(=O)C[C@H]1CCCC[C@]1(O)c1ccccc1. The van der Waals surface area contributed by atoms with E-state index in [1.165, 1.54) is 0 Å². The van der Waals surface area contributed by atoms with E-state index in [-0.39, 0.29) is 18.3 Å². The van der Waals surface area contributed by atoms with Crippen LogP contribution in [-0.4, -0.2) is 16.7 Å². The van der Waals surface area contributed by atoms with E-state index in [0.29, 0.717) is 6.42 Å². The van der Waals surface area contributed by atoms with E-state index in [0.717, 1.165) is 24.8 Å². The number of esters is 1. The van der Waals surface area contributed by atoms with E-state index in [4.69, 9.17) is 4.74 Å². The maximum absolute atomic E-state index is 12.1. The first-order valence-corrected chi connectivity index (χ1v) is 7.81.